The van der Waals surface area contributed by atoms with Crippen molar-refractivity contribution in [3.05, 3.63) is 41.5 Å². The van der Waals surface area contributed by atoms with Gasteiger partial charge in [-0.25, -0.2) is 4.79 Å². The largest absolute Gasteiger partial charge is 0.486 e. The molecule has 2 heterocycles. The number of rotatable bonds is 7. The molecule has 0 saturated heterocycles. The van der Waals surface area contributed by atoms with Crippen molar-refractivity contribution in [2.75, 3.05) is 30.5 Å². The fourth-order valence-corrected chi connectivity index (χ4v) is 4.91. The van der Waals surface area contributed by atoms with Crippen LogP contribution in [0.4, 0.5) is 10.7 Å². The van der Waals surface area contributed by atoms with Crippen LogP contribution in [0.25, 0.3) is 10.1 Å². The number of thiophene rings is 1. The fourth-order valence-electron chi connectivity index (χ4n) is 3.63. The summed E-state index contributed by atoms with van der Waals surface area (Å²) in [5, 5.41) is 6.49. The monoisotopic (exact) mass is 498 g/mol. The Morgan fingerprint density at radius 1 is 1.09 bits per heavy atom. The van der Waals surface area contributed by atoms with E-state index in [2.05, 4.69) is 10.6 Å². The number of nitrogens with one attached hydrogen (secondary N) is 2. The first kappa shape index (κ1) is 24.3. The van der Waals surface area contributed by atoms with Crippen molar-refractivity contribution in [3.8, 4) is 17.2 Å². The second-order valence-corrected chi connectivity index (χ2v) is 8.92. The van der Waals surface area contributed by atoms with Gasteiger partial charge in [-0.1, -0.05) is 12.1 Å². The first-order valence-electron chi connectivity index (χ1n) is 11.2. The number of ether oxygens (including phenoxy) is 4. The van der Waals surface area contributed by atoms with E-state index >= 15 is 0 Å². The van der Waals surface area contributed by atoms with Gasteiger partial charge in [-0.05, 0) is 38.5 Å². The molecule has 1 aliphatic rings. The summed E-state index contributed by atoms with van der Waals surface area (Å²) in [5.41, 5.74) is 1.60. The van der Waals surface area contributed by atoms with Crippen molar-refractivity contribution < 1.29 is 33.3 Å². The molecule has 35 heavy (non-hydrogen) atoms. The summed E-state index contributed by atoms with van der Waals surface area (Å²) in [4.78, 5) is 37.3. The lowest BCUT2D eigenvalue weighted by molar-refractivity contribution is -0.122. The van der Waals surface area contributed by atoms with Crippen LogP contribution in [0.1, 0.15) is 36.7 Å². The molecule has 10 heteroatoms. The van der Waals surface area contributed by atoms with E-state index in [1.807, 2.05) is 6.92 Å². The van der Waals surface area contributed by atoms with Crippen molar-refractivity contribution in [1.29, 1.82) is 0 Å². The molecule has 9 nitrogen and oxygen atoms in total. The summed E-state index contributed by atoms with van der Waals surface area (Å²) in [6.45, 7) is 7.70. The first-order valence-corrected chi connectivity index (χ1v) is 12.0. The van der Waals surface area contributed by atoms with E-state index in [-0.39, 0.29) is 24.0 Å². The molecule has 3 aromatic rings. The molecular weight excluding hydrogens is 472 g/mol. The third kappa shape index (κ3) is 5.17. The molecule has 1 atom stereocenters. The number of fused-ring (bicyclic) bond motifs is 2. The van der Waals surface area contributed by atoms with Gasteiger partial charge in [0, 0.05) is 24.1 Å². The van der Waals surface area contributed by atoms with E-state index in [0.29, 0.717) is 51.2 Å². The zero-order valence-corrected chi connectivity index (χ0v) is 20.7. The van der Waals surface area contributed by atoms with Crippen molar-refractivity contribution in [2.24, 2.45) is 0 Å². The van der Waals surface area contributed by atoms with E-state index in [4.69, 9.17) is 18.9 Å². The molecule has 0 saturated carbocycles. The number of anilines is 2. The molecular formula is C25H26N2O7S. The van der Waals surface area contributed by atoms with Gasteiger partial charge in [-0.3, -0.25) is 9.59 Å². The van der Waals surface area contributed by atoms with E-state index in [0.717, 1.165) is 5.56 Å². The van der Waals surface area contributed by atoms with Gasteiger partial charge in [0.1, 0.15) is 29.5 Å². The third-order valence-electron chi connectivity index (χ3n) is 5.25. The van der Waals surface area contributed by atoms with Gasteiger partial charge in [0.15, 0.2) is 17.6 Å². The van der Waals surface area contributed by atoms with Crippen molar-refractivity contribution >= 4 is 49.9 Å². The lowest BCUT2D eigenvalue weighted by atomic mass is 10.1. The fraction of sp³-hybridized carbons (Fsp3) is 0.320. The van der Waals surface area contributed by atoms with Gasteiger partial charge in [0.25, 0.3) is 5.91 Å². The summed E-state index contributed by atoms with van der Waals surface area (Å²) in [6.07, 6.45) is -0.857. The van der Waals surface area contributed by atoms with Crippen LogP contribution in [0.5, 0.6) is 17.2 Å². The smallest absolute Gasteiger partial charge is 0.341 e. The van der Waals surface area contributed by atoms with Crippen LogP contribution in [-0.2, 0) is 14.3 Å². The van der Waals surface area contributed by atoms with Gasteiger partial charge in [0.2, 0.25) is 5.91 Å². The van der Waals surface area contributed by atoms with Crippen LogP contribution < -0.4 is 24.8 Å². The van der Waals surface area contributed by atoms with E-state index in [9.17, 15) is 14.4 Å². The topological polar surface area (TPSA) is 112 Å². The number of amides is 2. The zero-order chi connectivity index (χ0) is 25.1. The third-order valence-corrected chi connectivity index (χ3v) is 6.37. The van der Waals surface area contributed by atoms with Crippen LogP contribution in [-0.4, -0.2) is 43.7 Å². The molecule has 1 aromatic heterocycles. The van der Waals surface area contributed by atoms with Gasteiger partial charge in [-0.2, -0.15) is 0 Å². The predicted octanol–water partition coefficient (Wildman–Crippen LogP) is 4.52. The Bertz CT molecular complexity index is 1300. The van der Waals surface area contributed by atoms with E-state index in [1.54, 1.807) is 44.2 Å². The maximum atomic E-state index is 12.9. The van der Waals surface area contributed by atoms with Gasteiger partial charge in [-0.15, -0.1) is 11.3 Å². The van der Waals surface area contributed by atoms with E-state index < -0.39 is 12.1 Å². The standard InChI is InChI=1S/C25H26N2O7S/c1-5-31-25(30)20-17-8-6-13(2)21(22(17)35-24(20)26-15(4)28)34-14(3)23(29)27-16-7-9-18-19(12-16)33-11-10-32-18/h6-9,12,14H,5,10-11H2,1-4H3,(H,26,28)(H,27,29). The predicted molar refractivity (Wildman–Crippen MR) is 133 cm³/mol. The molecule has 0 aliphatic carbocycles. The highest BCUT2D eigenvalue weighted by atomic mass is 32.1. The summed E-state index contributed by atoms with van der Waals surface area (Å²) >= 11 is 1.20. The number of aryl methyl sites for hydroxylation is 1. The van der Waals surface area contributed by atoms with Crippen LogP contribution in [0.2, 0.25) is 0 Å². The van der Waals surface area contributed by atoms with Gasteiger partial charge in [0.05, 0.1) is 11.3 Å². The summed E-state index contributed by atoms with van der Waals surface area (Å²) < 4.78 is 23.0. The lowest BCUT2D eigenvalue weighted by Crippen LogP contribution is -2.30. The first-order chi connectivity index (χ1) is 16.8. The van der Waals surface area contributed by atoms with Gasteiger partial charge < -0.3 is 29.6 Å². The second kappa shape index (κ2) is 10.2. The summed E-state index contributed by atoms with van der Waals surface area (Å²) in [7, 11) is 0. The molecule has 0 radical (unpaired) electrons. The molecule has 1 unspecified atom stereocenters. The SMILES string of the molecule is CCOC(=O)c1c(NC(C)=O)sc2c(OC(C)C(=O)Nc3ccc4c(c3)OCCO4)c(C)ccc12. The number of esters is 1. The highest BCUT2D eigenvalue weighted by molar-refractivity contribution is 7.24. The second-order valence-electron chi connectivity index (χ2n) is 7.90. The molecule has 4 rings (SSSR count). The van der Waals surface area contributed by atoms with Crippen LogP contribution in [0, 0.1) is 6.92 Å². The molecule has 1 aliphatic heterocycles. The Hall–Kier alpha value is -3.79. The molecule has 2 aromatic carbocycles. The summed E-state index contributed by atoms with van der Waals surface area (Å²) in [5.74, 6) is 0.446. The quantitative estimate of drug-likeness (QED) is 0.461. The average molecular weight is 499 g/mol. The molecule has 2 amide bonds. The van der Waals surface area contributed by atoms with Gasteiger partial charge >= 0.3 is 5.97 Å². The van der Waals surface area contributed by atoms with Crippen LogP contribution >= 0.6 is 11.3 Å². The molecule has 0 spiro atoms. The maximum Gasteiger partial charge on any atom is 0.341 e. The van der Waals surface area contributed by atoms with Crippen LogP contribution in [0.15, 0.2) is 30.3 Å². The Labute approximate surface area is 206 Å². The zero-order valence-electron chi connectivity index (χ0n) is 19.9. The highest BCUT2D eigenvalue weighted by Gasteiger charge is 2.26. The number of carbonyl (C=O) groups excluding carboxylic acids is 3. The highest BCUT2D eigenvalue weighted by Crippen LogP contribution is 2.43. The number of hydrogen-bond donors (Lipinski definition) is 2. The lowest BCUT2D eigenvalue weighted by Gasteiger charge is -2.20. The number of carbonyl (C=O) groups is 3. The summed E-state index contributed by atoms with van der Waals surface area (Å²) in [6, 6.07) is 8.76. The van der Waals surface area contributed by atoms with Crippen molar-refractivity contribution in [3.63, 3.8) is 0 Å². The Morgan fingerprint density at radius 2 is 1.83 bits per heavy atom. The normalized spacial score (nSPS) is 13.1. The Morgan fingerprint density at radius 3 is 2.54 bits per heavy atom. The Kier molecular flexibility index (Phi) is 7.11. The number of hydrogen-bond acceptors (Lipinski definition) is 8. The van der Waals surface area contributed by atoms with E-state index in [1.165, 1.54) is 18.3 Å². The van der Waals surface area contributed by atoms with Crippen molar-refractivity contribution in [1.82, 2.24) is 0 Å². The molecule has 0 fully saturated rings. The molecule has 2 N–H and O–H groups in total. The van der Waals surface area contributed by atoms with Crippen LogP contribution in [0.3, 0.4) is 0 Å². The minimum Gasteiger partial charge on any atom is -0.486 e. The minimum atomic E-state index is -0.857. The average Bonchev–Trinajstić information content (AvgIpc) is 3.18. The Balaban J connectivity index is 1.61. The van der Waals surface area contributed by atoms with Crippen molar-refractivity contribution in [2.45, 2.75) is 33.8 Å². The number of benzene rings is 2. The maximum absolute atomic E-state index is 12.9. The molecule has 0 bridgehead atoms. The minimum absolute atomic E-state index is 0.196. The molecule has 184 valence electrons.